The highest BCUT2D eigenvalue weighted by atomic mass is 19.3. The van der Waals surface area contributed by atoms with Crippen molar-refractivity contribution < 1.29 is 18.0 Å². The Labute approximate surface area is 132 Å². The van der Waals surface area contributed by atoms with Gasteiger partial charge in [0.05, 0.1) is 30.6 Å². The first-order valence-electron chi connectivity index (χ1n) is 7.50. The highest BCUT2D eigenvalue weighted by Gasteiger charge is 2.23. The molecule has 2 atom stereocenters. The van der Waals surface area contributed by atoms with Gasteiger partial charge in [-0.2, -0.15) is 0 Å². The normalized spacial score (nSPS) is 22.8. The first-order valence-corrected chi connectivity index (χ1v) is 7.50. The second kappa shape index (κ2) is 6.71. The molecule has 126 valence electrons. The van der Waals surface area contributed by atoms with Crippen LogP contribution in [0.1, 0.15) is 37.4 Å². The van der Waals surface area contributed by atoms with Crippen molar-refractivity contribution in [2.45, 2.75) is 45.6 Å². The number of nitrogens with zero attached hydrogens (tertiary/aromatic N) is 5. The first-order chi connectivity index (χ1) is 11.0. The maximum atomic E-state index is 12.5. The fourth-order valence-corrected chi connectivity index (χ4v) is 2.80. The SMILES string of the molecule is C[C@@H]1CN(Cc2cn(Cc3cc(C(F)F)on3)nn2)C[C@H](C)O1. The fourth-order valence-electron chi connectivity index (χ4n) is 2.80. The molecule has 1 aliphatic rings. The molecule has 0 radical (unpaired) electrons. The zero-order chi connectivity index (χ0) is 16.4. The van der Waals surface area contributed by atoms with Gasteiger partial charge in [0.2, 0.25) is 5.76 Å². The third-order valence-corrected chi connectivity index (χ3v) is 3.58. The van der Waals surface area contributed by atoms with Crippen LogP contribution in [0.4, 0.5) is 8.78 Å². The molecule has 1 fully saturated rings. The Balaban J connectivity index is 1.59. The van der Waals surface area contributed by atoms with E-state index in [0.717, 1.165) is 18.8 Å². The monoisotopic (exact) mass is 327 g/mol. The number of morpholine rings is 1. The molecule has 0 unspecified atom stereocenters. The molecule has 2 aromatic rings. The fraction of sp³-hybridized carbons (Fsp3) is 0.643. The van der Waals surface area contributed by atoms with Gasteiger partial charge in [-0.3, -0.25) is 4.90 Å². The summed E-state index contributed by atoms with van der Waals surface area (Å²) >= 11 is 0. The minimum Gasteiger partial charge on any atom is -0.373 e. The largest absolute Gasteiger partial charge is 0.373 e. The molecule has 0 saturated carbocycles. The third-order valence-electron chi connectivity index (χ3n) is 3.58. The van der Waals surface area contributed by atoms with Crippen LogP contribution in [0.15, 0.2) is 16.8 Å². The van der Waals surface area contributed by atoms with Crippen LogP contribution in [0, 0.1) is 0 Å². The number of ether oxygens (including phenoxy) is 1. The van der Waals surface area contributed by atoms with Gasteiger partial charge in [-0.15, -0.1) is 5.10 Å². The van der Waals surface area contributed by atoms with E-state index in [1.165, 1.54) is 6.07 Å². The van der Waals surface area contributed by atoms with Gasteiger partial charge in [0.1, 0.15) is 5.69 Å². The number of alkyl halides is 2. The predicted molar refractivity (Wildman–Crippen MR) is 75.9 cm³/mol. The summed E-state index contributed by atoms with van der Waals surface area (Å²) in [5, 5.41) is 11.7. The van der Waals surface area contributed by atoms with Crippen molar-refractivity contribution in [2.24, 2.45) is 0 Å². The summed E-state index contributed by atoms with van der Waals surface area (Å²) in [6.07, 6.45) is -0.483. The van der Waals surface area contributed by atoms with Crippen molar-refractivity contribution in [3.05, 3.63) is 29.4 Å². The first kappa shape index (κ1) is 16.0. The average molecular weight is 327 g/mol. The van der Waals surface area contributed by atoms with E-state index in [9.17, 15) is 8.78 Å². The molecule has 9 heteroatoms. The van der Waals surface area contributed by atoms with E-state index in [-0.39, 0.29) is 18.8 Å². The summed E-state index contributed by atoms with van der Waals surface area (Å²) in [6, 6.07) is 1.23. The lowest BCUT2D eigenvalue weighted by molar-refractivity contribution is -0.0707. The Morgan fingerprint density at radius 1 is 1.22 bits per heavy atom. The smallest absolute Gasteiger partial charge is 0.298 e. The molecule has 0 aromatic carbocycles. The molecule has 1 saturated heterocycles. The third kappa shape index (κ3) is 4.11. The maximum Gasteiger partial charge on any atom is 0.298 e. The van der Waals surface area contributed by atoms with Gasteiger partial charge in [-0.05, 0) is 13.8 Å². The zero-order valence-electron chi connectivity index (χ0n) is 13.0. The number of hydrogen-bond donors (Lipinski definition) is 0. The van der Waals surface area contributed by atoms with E-state index in [2.05, 4.69) is 24.9 Å². The van der Waals surface area contributed by atoms with Crippen LogP contribution in [0.25, 0.3) is 0 Å². The molecule has 3 heterocycles. The lowest BCUT2D eigenvalue weighted by Crippen LogP contribution is -2.44. The Morgan fingerprint density at radius 3 is 2.61 bits per heavy atom. The van der Waals surface area contributed by atoms with Gasteiger partial charge < -0.3 is 9.26 Å². The molecule has 7 nitrogen and oxygen atoms in total. The van der Waals surface area contributed by atoms with Crippen LogP contribution >= 0.6 is 0 Å². The Hall–Kier alpha value is -1.87. The lowest BCUT2D eigenvalue weighted by Gasteiger charge is -2.34. The van der Waals surface area contributed by atoms with E-state index in [4.69, 9.17) is 4.74 Å². The Morgan fingerprint density at radius 2 is 1.96 bits per heavy atom. The standard InChI is InChI=1S/C14H19F2N5O2/c1-9-4-20(5-10(2)22-9)6-12-8-21(19-17-12)7-11-3-13(14(15)16)23-18-11/h3,8-10,14H,4-7H2,1-2H3/t9-,10+. The highest BCUT2D eigenvalue weighted by molar-refractivity contribution is 5.07. The molecule has 0 bridgehead atoms. The van der Waals surface area contributed by atoms with Crippen molar-refractivity contribution in [3.8, 4) is 0 Å². The molecule has 0 amide bonds. The minimum absolute atomic E-state index is 0.191. The number of hydrogen-bond acceptors (Lipinski definition) is 6. The predicted octanol–water partition coefficient (Wildman–Crippen LogP) is 1.86. The summed E-state index contributed by atoms with van der Waals surface area (Å²) in [4.78, 5) is 2.26. The lowest BCUT2D eigenvalue weighted by atomic mass is 10.2. The summed E-state index contributed by atoms with van der Waals surface area (Å²) in [5.41, 5.74) is 1.22. The topological polar surface area (TPSA) is 69.2 Å². The molecule has 0 N–H and O–H groups in total. The van der Waals surface area contributed by atoms with E-state index in [0.29, 0.717) is 12.2 Å². The summed E-state index contributed by atoms with van der Waals surface area (Å²) in [5.74, 6) is -0.434. The summed E-state index contributed by atoms with van der Waals surface area (Å²) < 4.78 is 36.8. The van der Waals surface area contributed by atoms with Gasteiger partial charge in [0, 0.05) is 25.7 Å². The molecule has 0 aliphatic carbocycles. The molecule has 0 spiro atoms. The van der Waals surface area contributed by atoms with Crippen LogP contribution in [-0.4, -0.2) is 50.3 Å². The molecule has 2 aromatic heterocycles. The average Bonchev–Trinajstić information content (AvgIpc) is 3.08. The van der Waals surface area contributed by atoms with E-state index in [1.807, 2.05) is 13.8 Å². The Bertz CT molecular complexity index is 635. The van der Waals surface area contributed by atoms with Crippen LogP contribution in [-0.2, 0) is 17.8 Å². The number of halogens is 2. The van der Waals surface area contributed by atoms with Crippen molar-refractivity contribution in [1.29, 1.82) is 0 Å². The molecular weight excluding hydrogens is 308 g/mol. The molecule has 23 heavy (non-hydrogen) atoms. The van der Waals surface area contributed by atoms with Crippen LogP contribution in [0.2, 0.25) is 0 Å². The molecule has 1 aliphatic heterocycles. The van der Waals surface area contributed by atoms with Crippen molar-refractivity contribution >= 4 is 0 Å². The van der Waals surface area contributed by atoms with Gasteiger partial charge in [-0.1, -0.05) is 10.4 Å². The maximum absolute atomic E-state index is 12.5. The highest BCUT2D eigenvalue weighted by Crippen LogP contribution is 2.19. The van der Waals surface area contributed by atoms with Gasteiger partial charge in [0.25, 0.3) is 6.43 Å². The van der Waals surface area contributed by atoms with Crippen molar-refractivity contribution in [3.63, 3.8) is 0 Å². The van der Waals surface area contributed by atoms with E-state index in [1.54, 1.807) is 10.9 Å². The van der Waals surface area contributed by atoms with Gasteiger partial charge >= 0.3 is 0 Å². The number of aromatic nitrogens is 4. The number of rotatable bonds is 5. The minimum atomic E-state index is -2.66. The van der Waals surface area contributed by atoms with Crippen LogP contribution in [0.3, 0.4) is 0 Å². The molecule has 3 rings (SSSR count). The Kier molecular flexibility index (Phi) is 4.67. The molecular formula is C14H19F2N5O2. The van der Waals surface area contributed by atoms with E-state index >= 15 is 0 Å². The van der Waals surface area contributed by atoms with Crippen LogP contribution in [0.5, 0.6) is 0 Å². The summed E-state index contributed by atoms with van der Waals surface area (Å²) in [6.45, 7) is 6.71. The van der Waals surface area contributed by atoms with Crippen LogP contribution < -0.4 is 0 Å². The van der Waals surface area contributed by atoms with Crippen molar-refractivity contribution in [2.75, 3.05) is 13.1 Å². The quantitative estimate of drug-likeness (QED) is 0.835. The second-order valence-corrected chi connectivity index (χ2v) is 5.88. The van der Waals surface area contributed by atoms with Gasteiger partial charge in [-0.25, -0.2) is 13.5 Å². The zero-order valence-corrected chi connectivity index (χ0v) is 13.0. The summed E-state index contributed by atoms with van der Waals surface area (Å²) in [7, 11) is 0. The van der Waals surface area contributed by atoms with Gasteiger partial charge in [0.15, 0.2) is 0 Å². The second-order valence-electron chi connectivity index (χ2n) is 5.88. The van der Waals surface area contributed by atoms with E-state index < -0.39 is 12.2 Å². The van der Waals surface area contributed by atoms with Crippen molar-refractivity contribution in [1.82, 2.24) is 25.1 Å².